The Labute approximate surface area is 226 Å². The molecule has 38 heavy (non-hydrogen) atoms. The minimum atomic E-state index is -5.00. The van der Waals surface area contributed by atoms with Crippen LogP contribution in [0.2, 0.25) is 10.0 Å². The molecule has 15 heteroatoms. The molecule has 1 aromatic heterocycles. The summed E-state index contributed by atoms with van der Waals surface area (Å²) in [4.78, 5) is 29.7. The topological polar surface area (TPSA) is 129 Å². The molecular weight excluding hydrogens is 572 g/mol. The lowest BCUT2D eigenvalue weighted by Gasteiger charge is -2.33. The Morgan fingerprint density at radius 3 is 2.45 bits per heavy atom. The molecule has 1 amide bonds. The second-order valence-corrected chi connectivity index (χ2v) is 10.9. The lowest BCUT2D eigenvalue weighted by molar-refractivity contribution is -0.141. The van der Waals surface area contributed by atoms with E-state index in [1.54, 1.807) is 6.07 Å². The van der Waals surface area contributed by atoms with Crippen molar-refractivity contribution in [2.45, 2.75) is 31.7 Å². The summed E-state index contributed by atoms with van der Waals surface area (Å²) in [6.07, 6.45) is -4.84. The van der Waals surface area contributed by atoms with Crippen molar-refractivity contribution in [2.75, 3.05) is 24.6 Å². The number of piperidine rings is 1. The van der Waals surface area contributed by atoms with Crippen molar-refractivity contribution >= 4 is 50.9 Å². The van der Waals surface area contributed by atoms with Crippen molar-refractivity contribution in [3.05, 3.63) is 56.7 Å². The van der Waals surface area contributed by atoms with Crippen LogP contribution in [0.1, 0.15) is 46.9 Å². The van der Waals surface area contributed by atoms with Crippen LogP contribution in [0.25, 0.3) is 0 Å². The van der Waals surface area contributed by atoms with Crippen molar-refractivity contribution < 1.29 is 35.9 Å². The van der Waals surface area contributed by atoms with E-state index >= 15 is 0 Å². The van der Waals surface area contributed by atoms with Crippen LogP contribution in [0.15, 0.2) is 24.3 Å². The number of sulfonamides is 1. The summed E-state index contributed by atoms with van der Waals surface area (Å²) in [5.74, 6) is -3.63. The highest BCUT2D eigenvalue weighted by atomic mass is 35.5. The van der Waals surface area contributed by atoms with E-state index in [-0.39, 0.29) is 54.5 Å². The molecule has 1 aliphatic rings. The number of rotatable bonds is 7. The van der Waals surface area contributed by atoms with Crippen LogP contribution in [0.5, 0.6) is 0 Å². The summed E-state index contributed by atoms with van der Waals surface area (Å²) in [7, 11) is -4.10. The molecule has 9 nitrogen and oxygen atoms in total. The highest BCUT2D eigenvalue weighted by molar-refractivity contribution is 7.89. The van der Waals surface area contributed by atoms with E-state index in [1.165, 1.54) is 30.0 Å². The molecule has 0 radical (unpaired) electrons. The second-order valence-electron chi connectivity index (χ2n) is 8.31. The molecule has 0 spiro atoms. The molecule has 204 valence electrons. The summed E-state index contributed by atoms with van der Waals surface area (Å²) in [5.41, 5.74) is -2.39. The number of carbonyl (C=O) groups is 2. The Morgan fingerprint density at radius 2 is 1.89 bits per heavy atom. The van der Waals surface area contributed by atoms with Crippen LogP contribution in [0, 0.1) is 17.2 Å². The van der Waals surface area contributed by atoms with E-state index in [1.807, 2.05) is 4.72 Å². The third-order valence-corrected chi connectivity index (χ3v) is 7.46. The maximum Gasteiger partial charge on any atom is 0.434 e. The highest BCUT2D eigenvalue weighted by Gasteiger charge is 2.40. The standard InChI is InChI=1S/C23H21Cl2F3N4O5S/c1-2-37-22(34)17-9-15(11-29)20(30-19(17)23(26,27)28)32-7-5-13(6-8-32)21(33)31-38(35,36)12-14-3-4-16(24)10-18(14)25/h3-4,9-10,13H,2,5-8,12H2,1H3,(H,31,33). The summed E-state index contributed by atoms with van der Waals surface area (Å²) in [6, 6.07) is 6.80. The van der Waals surface area contributed by atoms with Crippen LogP contribution in [-0.2, 0) is 31.5 Å². The van der Waals surface area contributed by atoms with Gasteiger partial charge in [-0.05, 0) is 43.5 Å². The lowest BCUT2D eigenvalue weighted by Crippen LogP contribution is -2.43. The van der Waals surface area contributed by atoms with Gasteiger partial charge >= 0.3 is 12.1 Å². The van der Waals surface area contributed by atoms with Crippen LogP contribution in [0.3, 0.4) is 0 Å². The molecule has 1 saturated heterocycles. The molecular formula is C23H21Cl2F3N4O5S. The number of aromatic nitrogens is 1. The first-order chi connectivity index (χ1) is 17.8. The molecule has 3 rings (SSSR count). The minimum absolute atomic E-state index is 0.0128. The number of nitrogens with zero attached hydrogens (tertiary/aromatic N) is 3. The van der Waals surface area contributed by atoms with Gasteiger partial charge in [0.1, 0.15) is 11.9 Å². The quantitative estimate of drug-likeness (QED) is 0.470. The largest absolute Gasteiger partial charge is 0.462 e. The summed E-state index contributed by atoms with van der Waals surface area (Å²) >= 11 is 11.8. The van der Waals surface area contributed by atoms with E-state index in [9.17, 15) is 36.4 Å². The molecule has 0 bridgehead atoms. The van der Waals surface area contributed by atoms with E-state index in [0.717, 1.165) is 6.07 Å². The zero-order valence-corrected chi connectivity index (χ0v) is 22.1. The minimum Gasteiger partial charge on any atom is -0.462 e. The van der Waals surface area contributed by atoms with Gasteiger partial charge < -0.3 is 9.64 Å². The molecule has 2 heterocycles. The Bertz CT molecular complexity index is 1390. The fourth-order valence-electron chi connectivity index (χ4n) is 3.88. The molecule has 0 saturated carbocycles. The Hall–Kier alpha value is -3.08. The number of halogens is 5. The van der Waals surface area contributed by atoms with E-state index < -0.39 is 51.0 Å². The van der Waals surface area contributed by atoms with Gasteiger partial charge in [-0.2, -0.15) is 18.4 Å². The SMILES string of the molecule is CCOC(=O)c1cc(C#N)c(N2CCC(C(=O)NS(=O)(=O)Cc3ccc(Cl)cc3Cl)CC2)nc1C(F)(F)F. The van der Waals surface area contributed by atoms with Crippen molar-refractivity contribution in [3.8, 4) is 6.07 Å². The molecule has 0 atom stereocenters. The summed E-state index contributed by atoms with van der Waals surface area (Å²) in [5, 5.41) is 9.95. The maximum absolute atomic E-state index is 13.7. The normalized spacial score (nSPS) is 14.6. The van der Waals surface area contributed by atoms with Gasteiger partial charge in [-0.1, -0.05) is 29.3 Å². The lowest BCUT2D eigenvalue weighted by atomic mass is 9.96. The molecule has 0 unspecified atom stereocenters. The predicted octanol–water partition coefficient (Wildman–Crippen LogP) is 4.32. The van der Waals surface area contributed by atoms with E-state index in [0.29, 0.717) is 5.02 Å². The third kappa shape index (κ3) is 7.06. The molecule has 1 aliphatic heterocycles. The van der Waals surface area contributed by atoms with Crippen LogP contribution < -0.4 is 9.62 Å². The number of benzene rings is 1. The van der Waals surface area contributed by atoms with E-state index in [4.69, 9.17) is 23.2 Å². The first kappa shape index (κ1) is 29.5. The smallest absolute Gasteiger partial charge is 0.434 e. The number of carbonyl (C=O) groups excluding carboxylic acids is 2. The number of alkyl halides is 3. The molecule has 1 N–H and O–H groups in total. The van der Waals surface area contributed by atoms with Crippen molar-refractivity contribution in [3.63, 3.8) is 0 Å². The summed E-state index contributed by atoms with van der Waals surface area (Å²) in [6.45, 7) is 1.28. The van der Waals surface area contributed by atoms with Gasteiger partial charge in [-0.25, -0.2) is 18.2 Å². The Balaban J connectivity index is 1.74. The predicted molar refractivity (Wildman–Crippen MR) is 132 cm³/mol. The molecule has 2 aromatic rings. The van der Waals surface area contributed by atoms with Gasteiger partial charge in [-0.15, -0.1) is 0 Å². The van der Waals surface area contributed by atoms with Gasteiger partial charge in [0.25, 0.3) is 0 Å². The first-order valence-corrected chi connectivity index (χ1v) is 13.6. The average Bonchev–Trinajstić information content (AvgIpc) is 2.84. The number of anilines is 1. The second kappa shape index (κ2) is 11.8. The third-order valence-electron chi connectivity index (χ3n) is 5.67. The molecule has 1 fully saturated rings. The fraction of sp³-hybridized carbons (Fsp3) is 0.391. The van der Waals surface area contributed by atoms with Crippen LogP contribution in [-0.4, -0.2) is 45.0 Å². The van der Waals surface area contributed by atoms with E-state index in [2.05, 4.69) is 9.72 Å². The number of hydrogen-bond acceptors (Lipinski definition) is 8. The zero-order chi connectivity index (χ0) is 28.3. The van der Waals surface area contributed by atoms with Crippen molar-refractivity contribution in [1.82, 2.24) is 9.71 Å². The first-order valence-electron chi connectivity index (χ1n) is 11.2. The zero-order valence-electron chi connectivity index (χ0n) is 19.8. The average molecular weight is 593 g/mol. The van der Waals surface area contributed by atoms with Crippen molar-refractivity contribution in [2.24, 2.45) is 5.92 Å². The fourth-order valence-corrected chi connectivity index (χ4v) is 5.64. The number of esters is 1. The van der Waals surface area contributed by atoms with Gasteiger partial charge in [0.05, 0.1) is 23.5 Å². The Kier molecular flexibility index (Phi) is 9.12. The monoisotopic (exact) mass is 592 g/mol. The number of ether oxygens (including phenoxy) is 1. The number of hydrogen-bond donors (Lipinski definition) is 1. The number of nitrogens with one attached hydrogen (secondary N) is 1. The summed E-state index contributed by atoms with van der Waals surface area (Å²) < 4.78 is 72.7. The molecule has 0 aliphatic carbocycles. The van der Waals surface area contributed by atoms with Gasteiger partial charge in [0, 0.05) is 29.1 Å². The number of nitriles is 1. The van der Waals surface area contributed by atoms with Crippen molar-refractivity contribution in [1.29, 1.82) is 5.26 Å². The number of amides is 1. The highest BCUT2D eigenvalue weighted by Crippen LogP contribution is 2.35. The van der Waals surface area contributed by atoms with Crippen LogP contribution in [0.4, 0.5) is 19.0 Å². The van der Waals surface area contributed by atoms with Gasteiger partial charge in [-0.3, -0.25) is 9.52 Å². The maximum atomic E-state index is 13.7. The number of pyridine rings is 1. The van der Waals surface area contributed by atoms with Gasteiger partial charge in [0.2, 0.25) is 15.9 Å². The Morgan fingerprint density at radius 1 is 1.24 bits per heavy atom. The van der Waals surface area contributed by atoms with Crippen LogP contribution >= 0.6 is 23.2 Å². The molecule has 1 aromatic carbocycles. The van der Waals surface area contributed by atoms with Gasteiger partial charge in [0.15, 0.2) is 5.69 Å².